The largest absolute Gasteiger partial charge is 0.493 e. The Labute approximate surface area is 174 Å². The molecule has 0 aliphatic carbocycles. The highest BCUT2D eigenvalue weighted by atomic mass is 32.2. The molecule has 0 aliphatic rings. The van der Waals surface area contributed by atoms with E-state index < -0.39 is 0 Å². The molecule has 29 heavy (non-hydrogen) atoms. The van der Waals surface area contributed by atoms with E-state index >= 15 is 0 Å². The zero-order valence-corrected chi connectivity index (χ0v) is 17.3. The second-order valence-corrected chi connectivity index (χ2v) is 7.23. The molecular weight excluding hydrogens is 380 g/mol. The summed E-state index contributed by atoms with van der Waals surface area (Å²) in [6.07, 6.45) is 4.50. The number of hydrogen-bond donors (Lipinski definition) is 0. The maximum absolute atomic E-state index is 5.86. The van der Waals surface area contributed by atoms with Gasteiger partial charge in [0.1, 0.15) is 5.75 Å². The van der Waals surface area contributed by atoms with Crippen LogP contribution in [-0.2, 0) is 6.42 Å². The van der Waals surface area contributed by atoms with E-state index in [0.717, 1.165) is 33.1 Å². The number of hydrogen-bond acceptors (Lipinski definition) is 5. The minimum absolute atomic E-state index is 0.598. The lowest BCUT2D eigenvalue weighted by Gasteiger charge is -2.10. The van der Waals surface area contributed by atoms with Crippen molar-refractivity contribution in [2.24, 2.45) is 5.10 Å². The maximum atomic E-state index is 5.86. The fraction of sp³-hybridized carbons (Fsp3) is 0.174. The van der Waals surface area contributed by atoms with Gasteiger partial charge in [-0.3, -0.25) is 0 Å². The quantitative estimate of drug-likeness (QED) is 0.322. The molecule has 1 heterocycles. The van der Waals surface area contributed by atoms with Gasteiger partial charge in [-0.2, -0.15) is 9.78 Å². The first-order valence-corrected chi connectivity index (χ1v) is 10.7. The normalized spacial score (nSPS) is 11.4. The number of nitrogens with zero attached hydrogens (tertiary/aromatic N) is 4. The summed E-state index contributed by atoms with van der Waals surface area (Å²) in [5.74, 6) is 1.62. The van der Waals surface area contributed by atoms with Gasteiger partial charge in [0.15, 0.2) is 5.82 Å². The van der Waals surface area contributed by atoms with Crippen molar-refractivity contribution in [1.82, 2.24) is 14.9 Å². The van der Waals surface area contributed by atoms with Crippen molar-refractivity contribution in [3.63, 3.8) is 0 Å². The zero-order valence-electron chi connectivity index (χ0n) is 16.4. The molecule has 0 amide bonds. The topological polar surface area (TPSA) is 52.3 Å². The number of ether oxygens (including phenoxy) is 1. The maximum Gasteiger partial charge on any atom is 0.211 e. The van der Waals surface area contributed by atoms with E-state index in [1.54, 1.807) is 0 Å². The third kappa shape index (κ3) is 4.17. The molecule has 5 nitrogen and oxygen atoms in total. The summed E-state index contributed by atoms with van der Waals surface area (Å²) >= 11 is 1.52. The van der Waals surface area contributed by atoms with Gasteiger partial charge in [0.25, 0.3) is 0 Å². The van der Waals surface area contributed by atoms with Crippen molar-refractivity contribution in [3.05, 3.63) is 83.7 Å². The first-order valence-electron chi connectivity index (χ1n) is 9.51. The van der Waals surface area contributed by atoms with Crippen LogP contribution >= 0.6 is 11.8 Å². The average Bonchev–Trinajstić information content (AvgIpc) is 3.15. The Balaban J connectivity index is 1.76. The van der Waals surface area contributed by atoms with Crippen molar-refractivity contribution >= 4 is 28.7 Å². The molecule has 0 radical (unpaired) electrons. The first kappa shape index (κ1) is 19.2. The minimum atomic E-state index is 0.598. The highest BCUT2D eigenvalue weighted by Gasteiger charge is 2.12. The summed E-state index contributed by atoms with van der Waals surface area (Å²) in [5, 5.41) is 16.4. The van der Waals surface area contributed by atoms with Crippen LogP contribution in [0.4, 0.5) is 0 Å². The van der Waals surface area contributed by atoms with E-state index in [9.17, 15) is 0 Å². The Hall–Kier alpha value is -3.12. The fourth-order valence-corrected chi connectivity index (χ4v) is 3.68. The van der Waals surface area contributed by atoms with Crippen LogP contribution in [0, 0.1) is 0 Å². The third-order valence-corrected chi connectivity index (χ3v) is 5.22. The zero-order chi connectivity index (χ0) is 20.1. The third-order valence-electron chi connectivity index (χ3n) is 4.60. The van der Waals surface area contributed by atoms with E-state index in [-0.39, 0.29) is 0 Å². The molecule has 0 saturated carbocycles. The minimum Gasteiger partial charge on any atom is -0.493 e. The molecule has 0 aliphatic heterocycles. The lowest BCUT2D eigenvalue weighted by molar-refractivity contribution is 0.340. The molecule has 0 fully saturated rings. The second kappa shape index (κ2) is 8.92. The number of rotatable bonds is 7. The first-order chi connectivity index (χ1) is 14.3. The Kier molecular flexibility index (Phi) is 5.91. The van der Waals surface area contributed by atoms with Crippen LogP contribution in [0.2, 0.25) is 0 Å². The Morgan fingerprint density at radius 1 is 1.00 bits per heavy atom. The molecule has 0 saturated heterocycles. The van der Waals surface area contributed by atoms with Crippen molar-refractivity contribution < 1.29 is 4.74 Å². The SMILES string of the molecule is CCOc1ccc2ccccc2c1/C=N\n1c(Cc2ccccc2)nnc1SC. The summed E-state index contributed by atoms with van der Waals surface area (Å²) in [6, 6.07) is 22.5. The molecule has 6 heteroatoms. The van der Waals surface area contributed by atoms with Gasteiger partial charge in [-0.25, -0.2) is 0 Å². The summed E-state index contributed by atoms with van der Waals surface area (Å²) < 4.78 is 7.68. The standard InChI is InChI=1S/C23H22N4OS/c1-3-28-21-14-13-18-11-7-8-12-19(18)20(21)16-24-27-22(25-26-23(27)29-2)15-17-9-5-4-6-10-17/h4-14,16H,3,15H2,1-2H3/b24-16-. The molecule has 3 aromatic carbocycles. The fourth-order valence-electron chi connectivity index (χ4n) is 3.23. The van der Waals surface area contributed by atoms with Crippen LogP contribution in [0.3, 0.4) is 0 Å². The van der Waals surface area contributed by atoms with Gasteiger partial charge in [-0.05, 0) is 35.6 Å². The second-order valence-electron chi connectivity index (χ2n) is 6.45. The molecule has 146 valence electrons. The van der Waals surface area contributed by atoms with Gasteiger partial charge >= 0.3 is 0 Å². The van der Waals surface area contributed by atoms with Crippen molar-refractivity contribution in [3.8, 4) is 5.75 Å². The summed E-state index contributed by atoms with van der Waals surface area (Å²) in [7, 11) is 0. The predicted octanol–water partition coefficient (Wildman–Crippen LogP) is 5.02. The molecule has 1 aromatic heterocycles. The van der Waals surface area contributed by atoms with Gasteiger partial charge in [-0.1, -0.05) is 72.4 Å². The van der Waals surface area contributed by atoms with E-state index in [4.69, 9.17) is 9.84 Å². The molecule has 0 N–H and O–H groups in total. The number of benzene rings is 3. The number of fused-ring (bicyclic) bond motifs is 1. The molecular formula is C23H22N4OS. The average molecular weight is 403 g/mol. The van der Waals surface area contributed by atoms with Gasteiger partial charge in [0, 0.05) is 12.0 Å². The molecule has 4 aromatic rings. The molecule has 0 spiro atoms. The number of thioether (sulfide) groups is 1. The van der Waals surface area contributed by atoms with E-state index in [2.05, 4.69) is 40.5 Å². The van der Waals surface area contributed by atoms with Crippen LogP contribution in [0.15, 0.2) is 77.0 Å². The Morgan fingerprint density at radius 2 is 1.79 bits per heavy atom. The van der Waals surface area contributed by atoms with E-state index in [0.29, 0.717) is 13.0 Å². The van der Waals surface area contributed by atoms with Gasteiger partial charge in [-0.15, -0.1) is 10.2 Å². The number of aromatic nitrogens is 3. The van der Waals surface area contributed by atoms with Gasteiger partial charge in [0.2, 0.25) is 5.16 Å². The summed E-state index contributed by atoms with van der Waals surface area (Å²) in [4.78, 5) is 0. The van der Waals surface area contributed by atoms with Crippen molar-refractivity contribution in [2.75, 3.05) is 12.9 Å². The van der Waals surface area contributed by atoms with Gasteiger partial charge < -0.3 is 4.74 Å². The highest BCUT2D eigenvalue weighted by molar-refractivity contribution is 7.98. The van der Waals surface area contributed by atoms with Crippen LogP contribution < -0.4 is 4.74 Å². The Morgan fingerprint density at radius 3 is 2.59 bits per heavy atom. The van der Waals surface area contributed by atoms with Gasteiger partial charge in [0.05, 0.1) is 12.8 Å². The van der Waals surface area contributed by atoms with E-state index in [1.807, 2.05) is 60.5 Å². The van der Waals surface area contributed by atoms with E-state index in [1.165, 1.54) is 17.3 Å². The molecule has 4 rings (SSSR count). The smallest absolute Gasteiger partial charge is 0.211 e. The molecule has 0 bridgehead atoms. The van der Waals surface area contributed by atoms with Crippen LogP contribution in [-0.4, -0.2) is 34.0 Å². The lowest BCUT2D eigenvalue weighted by Crippen LogP contribution is -2.03. The summed E-state index contributed by atoms with van der Waals surface area (Å²) in [5.41, 5.74) is 2.13. The van der Waals surface area contributed by atoms with Crippen LogP contribution in [0.5, 0.6) is 5.75 Å². The highest BCUT2D eigenvalue weighted by Crippen LogP contribution is 2.27. The van der Waals surface area contributed by atoms with Crippen LogP contribution in [0.1, 0.15) is 23.9 Å². The molecule has 0 atom stereocenters. The summed E-state index contributed by atoms with van der Waals surface area (Å²) in [6.45, 7) is 2.58. The molecule has 0 unspecified atom stereocenters. The van der Waals surface area contributed by atoms with Crippen LogP contribution in [0.25, 0.3) is 10.8 Å². The monoisotopic (exact) mass is 402 g/mol. The Bertz CT molecular complexity index is 1140. The van der Waals surface area contributed by atoms with Crippen molar-refractivity contribution in [2.45, 2.75) is 18.5 Å². The van der Waals surface area contributed by atoms with Crippen molar-refractivity contribution in [1.29, 1.82) is 0 Å². The lowest BCUT2D eigenvalue weighted by atomic mass is 10.0. The predicted molar refractivity (Wildman–Crippen MR) is 119 cm³/mol.